The van der Waals surface area contributed by atoms with Crippen molar-refractivity contribution in [2.24, 2.45) is 0 Å². The van der Waals surface area contributed by atoms with E-state index in [-0.39, 0.29) is 31.2 Å². The molecule has 6 rings (SSSR count). The summed E-state index contributed by atoms with van der Waals surface area (Å²) >= 11 is 0. The van der Waals surface area contributed by atoms with Gasteiger partial charge in [0.05, 0.1) is 22.9 Å². The normalized spacial score (nSPS) is 20.7. The van der Waals surface area contributed by atoms with Crippen LogP contribution in [0, 0.1) is 5.82 Å². The molecule has 1 N–H and O–H groups in total. The minimum atomic E-state index is -0.724. The first-order chi connectivity index (χ1) is 17.5. The highest BCUT2D eigenvalue weighted by atomic mass is 19.1. The number of hydrogen-bond acceptors (Lipinski definition) is 7. The summed E-state index contributed by atoms with van der Waals surface area (Å²) in [7, 11) is 0. The highest BCUT2D eigenvalue weighted by Crippen LogP contribution is 2.35. The molecule has 0 aliphatic carbocycles. The van der Waals surface area contributed by atoms with Crippen LogP contribution in [0.3, 0.4) is 0 Å². The van der Waals surface area contributed by atoms with Gasteiger partial charge in [0.25, 0.3) is 5.91 Å². The van der Waals surface area contributed by atoms with Crippen LogP contribution in [-0.2, 0) is 22.7 Å². The largest absolute Gasteiger partial charge is 0.369 e. The number of para-hydroxylation sites is 2. The molecule has 9 nitrogen and oxygen atoms in total. The molecule has 2 fully saturated rings. The summed E-state index contributed by atoms with van der Waals surface area (Å²) in [6, 6.07) is 9.78. The first-order valence-corrected chi connectivity index (χ1v) is 12.1. The van der Waals surface area contributed by atoms with E-state index in [0.29, 0.717) is 30.9 Å². The van der Waals surface area contributed by atoms with Gasteiger partial charge in [-0.3, -0.25) is 29.6 Å². The molecule has 3 aromatic rings. The fraction of sp³-hybridized carbons (Fsp3) is 0.346. The van der Waals surface area contributed by atoms with Crippen LogP contribution in [0.2, 0.25) is 0 Å². The van der Waals surface area contributed by atoms with E-state index in [1.165, 1.54) is 17.0 Å². The van der Waals surface area contributed by atoms with Crippen molar-refractivity contribution in [3.8, 4) is 0 Å². The number of carbonyl (C=O) groups excluding carboxylic acids is 3. The number of halogens is 1. The second-order valence-electron chi connectivity index (χ2n) is 9.46. The number of piperazine rings is 1. The Balaban J connectivity index is 1.17. The van der Waals surface area contributed by atoms with Crippen LogP contribution in [-0.4, -0.2) is 69.7 Å². The number of fused-ring (bicyclic) bond motifs is 2. The van der Waals surface area contributed by atoms with Gasteiger partial charge < -0.3 is 9.80 Å². The third-order valence-corrected chi connectivity index (χ3v) is 7.19. The number of amides is 3. The number of nitrogens with zero attached hydrogens (tertiary/aromatic N) is 5. The van der Waals surface area contributed by atoms with Crippen LogP contribution in [0.4, 0.5) is 10.1 Å². The van der Waals surface area contributed by atoms with Crippen LogP contribution in [0.5, 0.6) is 0 Å². The minimum Gasteiger partial charge on any atom is -0.369 e. The van der Waals surface area contributed by atoms with E-state index in [1.54, 1.807) is 0 Å². The number of benzene rings is 2. The summed E-state index contributed by atoms with van der Waals surface area (Å²) < 4.78 is 14.6. The van der Waals surface area contributed by atoms with Crippen molar-refractivity contribution in [3.05, 3.63) is 65.2 Å². The molecule has 0 bridgehead atoms. The monoisotopic (exact) mass is 488 g/mol. The molecule has 36 heavy (non-hydrogen) atoms. The van der Waals surface area contributed by atoms with Crippen molar-refractivity contribution in [2.45, 2.75) is 32.0 Å². The number of imide groups is 1. The zero-order chi connectivity index (χ0) is 24.8. The van der Waals surface area contributed by atoms with Gasteiger partial charge in [0.1, 0.15) is 11.9 Å². The summed E-state index contributed by atoms with van der Waals surface area (Å²) in [5.74, 6) is -1.65. The average Bonchev–Trinajstić information content (AvgIpc) is 3.20. The second-order valence-corrected chi connectivity index (χ2v) is 9.46. The predicted molar refractivity (Wildman–Crippen MR) is 129 cm³/mol. The summed E-state index contributed by atoms with van der Waals surface area (Å²) in [6.45, 7) is 3.75. The van der Waals surface area contributed by atoms with E-state index in [2.05, 4.69) is 20.1 Å². The third-order valence-electron chi connectivity index (χ3n) is 7.19. The van der Waals surface area contributed by atoms with Gasteiger partial charge in [-0.2, -0.15) is 0 Å². The Morgan fingerprint density at radius 3 is 2.58 bits per heavy atom. The number of carbonyl (C=O) groups is 3. The standard InChI is InChI=1S/C26H25FN6O3/c27-16-11-18-19(15-33(26(18)36)22-5-6-24(34)30-25(22)35)23(12-16)32-9-7-31(8-10-32)14-17-13-28-20-3-1-2-4-21(20)29-17/h1-4,11-13,22H,5-10,14-15H2,(H,30,34,35). The average molecular weight is 489 g/mol. The van der Waals surface area contributed by atoms with Crippen molar-refractivity contribution >= 4 is 34.4 Å². The first kappa shape index (κ1) is 22.5. The van der Waals surface area contributed by atoms with E-state index in [0.717, 1.165) is 35.4 Å². The van der Waals surface area contributed by atoms with Crippen molar-refractivity contribution in [1.82, 2.24) is 25.1 Å². The fourth-order valence-electron chi connectivity index (χ4n) is 5.34. The Morgan fingerprint density at radius 2 is 1.81 bits per heavy atom. The number of anilines is 1. The van der Waals surface area contributed by atoms with Gasteiger partial charge >= 0.3 is 0 Å². The molecular weight excluding hydrogens is 463 g/mol. The highest BCUT2D eigenvalue weighted by molar-refractivity contribution is 6.06. The maximum atomic E-state index is 14.6. The van der Waals surface area contributed by atoms with Crippen molar-refractivity contribution in [1.29, 1.82) is 0 Å². The maximum Gasteiger partial charge on any atom is 0.255 e. The zero-order valence-corrected chi connectivity index (χ0v) is 19.6. The van der Waals surface area contributed by atoms with Gasteiger partial charge in [0, 0.05) is 62.5 Å². The first-order valence-electron chi connectivity index (χ1n) is 12.1. The SMILES string of the molecule is O=C1CCC(N2Cc3c(cc(F)cc3N3CCN(Cc4cnc5ccccc5n4)CC3)C2=O)C(=O)N1. The van der Waals surface area contributed by atoms with Crippen LogP contribution < -0.4 is 10.2 Å². The number of aromatic nitrogens is 2. The number of rotatable bonds is 4. The lowest BCUT2D eigenvalue weighted by Gasteiger charge is -2.37. The Labute approximate surface area is 206 Å². The van der Waals surface area contributed by atoms with Crippen LogP contribution >= 0.6 is 0 Å². The molecule has 1 atom stereocenters. The Morgan fingerprint density at radius 1 is 1.03 bits per heavy atom. The Bertz CT molecular complexity index is 1390. The van der Waals surface area contributed by atoms with Crippen molar-refractivity contribution in [2.75, 3.05) is 31.1 Å². The second kappa shape index (κ2) is 8.94. The third kappa shape index (κ3) is 4.07. The summed E-state index contributed by atoms with van der Waals surface area (Å²) in [4.78, 5) is 52.1. The predicted octanol–water partition coefficient (Wildman–Crippen LogP) is 1.85. The molecule has 2 aromatic carbocycles. The van der Waals surface area contributed by atoms with Gasteiger partial charge in [-0.05, 0) is 30.7 Å². The highest BCUT2D eigenvalue weighted by Gasteiger charge is 2.41. The molecular formula is C26H25FN6O3. The molecule has 0 saturated carbocycles. The number of piperidine rings is 1. The fourth-order valence-corrected chi connectivity index (χ4v) is 5.34. The molecule has 4 heterocycles. The topological polar surface area (TPSA) is 98.7 Å². The van der Waals surface area contributed by atoms with E-state index in [9.17, 15) is 18.8 Å². The molecule has 0 spiro atoms. The summed E-state index contributed by atoms with van der Waals surface area (Å²) in [6.07, 6.45) is 2.27. The minimum absolute atomic E-state index is 0.182. The van der Waals surface area contributed by atoms with E-state index >= 15 is 0 Å². The van der Waals surface area contributed by atoms with E-state index in [4.69, 9.17) is 4.98 Å². The molecule has 3 aliphatic rings. The molecule has 10 heteroatoms. The Hall–Kier alpha value is -3.92. The maximum absolute atomic E-state index is 14.6. The molecule has 184 valence electrons. The lowest BCUT2D eigenvalue weighted by Crippen LogP contribution is -2.52. The zero-order valence-electron chi connectivity index (χ0n) is 19.6. The molecule has 3 aliphatic heterocycles. The number of nitrogens with one attached hydrogen (secondary N) is 1. The van der Waals surface area contributed by atoms with E-state index < -0.39 is 17.8 Å². The van der Waals surface area contributed by atoms with Gasteiger partial charge in [0.2, 0.25) is 11.8 Å². The van der Waals surface area contributed by atoms with Crippen molar-refractivity contribution < 1.29 is 18.8 Å². The van der Waals surface area contributed by atoms with Gasteiger partial charge in [0.15, 0.2) is 0 Å². The van der Waals surface area contributed by atoms with Crippen LogP contribution in [0.15, 0.2) is 42.6 Å². The molecule has 3 amide bonds. The lowest BCUT2D eigenvalue weighted by atomic mass is 10.0. The van der Waals surface area contributed by atoms with Gasteiger partial charge in [-0.1, -0.05) is 12.1 Å². The van der Waals surface area contributed by atoms with Crippen LogP contribution in [0.25, 0.3) is 11.0 Å². The van der Waals surface area contributed by atoms with E-state index in [1.807, 2.05) is 30.5 Å². The Kier molecular flexibility index (Phi) is 5.60. The molecule has 1 aromatic heterocycles. The quantitative estimate of drug-likeness (QED) is 0.560. The molecule has 0 radical (unpaired) electrons. The van der Waals surface area contributed by atoms with Crippen LogP contribution in [0.1, 0.15) is 34.5 Å². The summed E-state index contributed by atoms with van der Waals surface area (Å²) in [5, 5.41) is 2.31. The molecule has 1 unspecified atom stereocenters. The van der Waals surface area contributed by atoms with Gasteiger partial charge in [-0.25, -0.2) is 9.37 Å². The summed E-state index contributed by atoms with van der Waals surface area (Å²) in [5.41, 5.74) is 4.36. The lowest BCUT2D eigenvalue weighted by molar-refractivity contribution is -0.136. The smallest absolute Gasteiger partial charge is 0.255 e. The number of hydrogen-bond donors (Lipinski definition) is 1. The van der Waals surface area contributed by atoms with Crippen molar-refractivity contribution in [3.63, 3.8) is 0 Å². The molecule has 2 saturated heterocycles. The van der Waals surface area contributed by atoms with Gasteiger partial charge in [-0.15, -0.1) is 0 Å².